The SMILES string of the molecule is CC1C=CC(C2=C3C=CCCC3=C(c3ccc(-c4ccc5c(c4)n(-c4ccccc4)n5C)cc3)C3=CC=CCC32)=CC1. The first kappa shape index (κ1) is 25.2. The quantitative estimate of drug-likeness (QED) is 0.242. The highest BCUT2D eigenvalue weighted by atomic mass is 15.4. The molecule has 0 aliphatic heterocycles. The Labute approximate surface area is 248 Å². The van der Waals surface area contributed by atoms with Crippen molar-refractivity contribution in [3.63, 3.8) is 0 Å². The van der Waals surface area contributed by atoms with Gasteiger partial charge in [-0.15, -0.1) is 0 Å². The Kier molecular flexibility index (Phi) is 6.03. The molecule has 0 bridgehead atoms. The van der Waals surface area contributed by atoms with Gasteiger partial charge >= 0.3 is 0 Å². The molecule has 2 nitrogen and oxygen atoms in total. The van der Waals surface area contributed by atoms with E-state index in [9.17, 15) is 0 Å². The Balaban J connectivity index is 1.21. The molecule has 0 saturated carbocycles. The minimum Gasteiger partial charge on any atom is -0.282 e. The Bertz CT molecular complexity index is 1920. The van der Waals surface area contributed by atoms with Crippen LogP contribution in [0.5, 0.6) is 0 Å². The van der Waals surface area contributed by atoms with Gasteiger partial charge in [-0.05, 0) is 106 Å². The van der Waals surface area contributed by atoms with Crippen LogP contribution >= 0.6 is 0 Å². The van der Waals surface area contributed by atoms with E-state index in [1.807, 2.05) is 0 Å². The topological polar surface area (TPSA) is 9.86 Å². The van der Waals surface area contributed by atoms with Gasteiger partial charge < -0.3 is 0 Å². The third-order valence-electron chi connectivity index (χ3n) is 9.54. The number of allylic oxidation sites excluding steroid dienone is 14. The van der Waals surface area contributed by atoms with Crippen molar-refractivity contribution in [2.45, 2.75) is 32.6 Å². The summed E-state index contributed by atoms with van der Waals surface area (Å²) in [5.74, 6) is 1.03. The van der Waals surface area contributed by atoms with E-state index in [-0.39, 0.29) is 0 Å². The van der Waals surface area contributed by atoms with Gasteiger partial charge in [0.2, 0.25) is 0 Å². The van der Waals surface area contributed by atoms with Gasteiger partial charge in [0.15, 0.2) is 0 Å². The number of nitrogens with zero attached hydrogens (tertiary/aromatic N) is 2. The third-order valence-corrected chi connectivity index (χ3v) is 9.54. The fraction of sp³-hybridized carbons (Fsp3) is 0.200. The number of fused-ring (bicyclic) bond motifs is 3. The Morgan fingerprint density at radius 3 is 2.40 bits per heavy atom. The molecule has 1 aromatic heterocycles. The lowest BCUT2D eigenvalue weighted by molar-refractivity contribution is 0.654. The third kappa shape index (κ3) is 4.01. The highest BCUT2D eigenvalue weighted by molar-refractivity contribution is 5.91. The molecule has 0 fully saturated rings. The molecule has 3 aromatic carbocycles. The van der Waals surface area contributed by atoms with Crippen molar-refractivity contribution in [2.24, 2.45) is 18.9 Å². The van der Waals surface area contributed by atoms with Crippen LogP contribution in [-0.4, -0.2) is 9.36 Å². The van der Waals surface area contributed by atoms with Gasteiger partial charge in [0.05, 0.1) is 16.7 Å². The molecule has 2 unspecified atom stereocenters. The highest BCUT2D eigenvalue weighted by Gasteiger charge is 2.35. The summed E-state index contributed by atoms with van der Waals surface area (Å²) in [5, 5.41) is 0. The normalized spacial score (nSPS) is 21.5. The standard InChI is InChI=1S/C40H36N2/c1-27-16-18-29(19-17-27)39-33-12-6-8-14-35(33)40(36-15-9-7-13-34(36)39)30-22-20-28(21-23-30)31-24-25-37-38(26-31)42(41(37)2)32-10-4-3-5-11-32/h3-8,10-11,13-14,16,18-27,33H,9,12,15,17H2,1-2H3. The number of para-hydroxylation sites is 1. The average molecular weight is 545 g/mol. The second-order valence-electron chi connectivity index (χ2n) is 12.1. The molecule has 8 rings (SSSR count). The lowest BCUT2D eigenvalue weighted by atomic mass is 9.66. The summed E-state index contributed by atoms with van der Waals surface area (Å²) in [7, 11) is 2.13. The number of rotatable bonds is 4. The van der Waals surface area contributed by atoms with Crippen LogP contribution in [-0.2, 0) is 7.05 Å². The van der Waals surface area contributed by atoms with Crippen molar-refractivity contribution in [1.29, 1.82) is 0 Å². The lowest BCUT2D eigenvalue weighted by Crippen LogP contribution is -2.21. The van der Waals surface area contributed by atoms with E-state index in [2.05, 4.69) is 145 Å². The van der Waals surface area contributed by atoms with E-state index in [4.69, 9.17) is 0 Å². The smallest absolute Gasteiger partial charge is 0.0890 e. The lowest BCUT2D eigenvalue weighted by Gasteiger charge is -2.37. The summed E-state index contributed by atoms with van der Waals surface area (Å²) >= 11 is 0. The van der Waals surface area contributed by atoms with E-state index in [1.165, 1.54) is 66.8 Å². The number of aromatic nitrogens is 2. The number of hydrogen-bond donors (Lipinski definition) is 0. The van der Waals surface area contributed by atoms with Crippen molar-refractivity contribution >= 4 is 16.6 Å². The molecule has 2 heteroatoms. The molecular weight excluding hydrogens is 508 g/mol. The van der Waals surface area contributed by atoms with Gasteiger partial charge in [-0.25, -0.2) is 0 Å². The molecule has 0 radical (unpaired) electrons. The molecule has 2 atom stereocenters. The molecule has 206 valence electrons. The van der Waals surface area contributed by atoms with E-state index in [0.29, 0.717) is 11.8 Å². The molecule has 0 N–H and O–H groups in total. The predicted octanol–water partition coefficient (Wildman–Crippen LogP) is 10.1. The predicted molar refractivity (Wildman–Crippen MR) is 176 cm³/mol. The van der Waals surface area contributed by atoms with Gasteiger partial charge in [0, 0.05) is 13.0 Å². The number of benzene rings is 3. The summed E-state index contributed by atoms with van der Waals surface area (Å²) < 4.78 is 4.50. The van der Waals surface area contributed by atoms with Gasteiger partial charge in [0.25, 0.3) is 0 Å². The maximum absolute atomic E-state index is 2.48. The maximum atomic E-state index is 2.48. The second kappa shape index (κ2) is 10.1. The molecule has 4 aliphatic rings. The fourth-order valence-corrected chi connectivity index (χ4v) is 7.40. The molecule has 0 spiro atoms. The average Bonchev–Trinajstić information content (AvgIpc) is 3.04. The summed E-state index contributed by atoms with van der Waals surface area (Å²) in [5.41, 5.74) is 16.5. The van der Waals surface area contributed by atoms with Crippen molar-refractivity contribution in [3.05, 3.63) is 155 Å². The molecule has 0 saturated heterocycles. The first-order chi connectivity index (χ1) is 20.7. The van der Waals surface area contributed by atoms with Crippen molar-refractivity contribution in [2.75, 3.05) is 0 Å². The van der Waals surface area contributed by atoms with Crippen LogP contribution in [0.1, 0.15) is 38.2 Å². The zero-order valence-electron chi connectivity index (χ0n) is 24.4. The number of aryl methyl sites for hydroxylation is 1. The van der Waals surface area contributed by atoms with E-state index in [1.54, 1.807) is 0 Å². The van der Waals surface area contributed by atoms with Crippen LogP contribution in [0.2, 0.25) is 0 Å². The van der Waals surface area contributed by atoms with Gasteiger partial charge in [-0.1, -0.05) is 104 Å². The van der Waals surface area contributed by atoms with Crippen LogP contribution < -0.4 is 0 Å². The van der Waals surface area contributed by atoms with Crippen LogP contribution in [0.3, 0.4) is 0 Å². The second-order valence-corrected chi connectivity index (χ2v) is 12.1. The summed E-state index contributed by atoms with van der Waals surface area (Å²) in [6, 6.07) is 26.8. The zero-order valence-corrected chi connectivity index (χ0v) is 24.4. The molecule has 4 aliphatic carbocycles. The van der Waals surface area contributed by atoms with Gasteiger partial charge in [-0.2, -0.15) is 0 Å². The summed E-state index contributed by atoms with van der Waals surface area (Å²) in [4.78, 5) is 0. The molecule has 42 heavy (non-hydrogen) atoms. The Hall–Kier alpha value is -4.56. The highest BCUT2D eigenvalue weighted by Crippen LogP contribution is 2.51. The maximum Gasteiger partial charge on any atom is 0.0890 e. The Morgan fingerprint density at radius 2 is 1.60 bits per heavy atom. The van der Waals surface area contributed by atoms with Crippen LogP contribution in [0, 0.1) is 11.8 Å². The Morgan fingerprint density at radius 1 is 0.786 bits per heavy atom. The van der Waals surface area contributed by atoms with E-state index >= 15 is 0 Å². The minimum atomic E-state index is 0.407. The monoisotopic (exact) mass is 544 g/mol. The van der Waals surface area contributed by atoms with Crippen LogP contribution in [0.15, 0.2) is 149 Å². The minimum absolute atomic E-state index is 0.407. The van der Waals surface area contributed by atoms with Gasteiger partial charge in [-0.3, -0.25) is 9.36 Å². The first-order valence-corrected chi connectivity index (χ1v) is 15.4. The summed E-state index contributed by atoms with van der Waals surface area (Å²) in [6.07, 6.45) is 23.5. The molecule has 1 heterocycles. The molecular formula is C40H36N2. The first-order valence-electron chi connectivity index (χ1n) is 15.4. The van der Waals surface area contributed by atoms with E-state index < -0.39 is 0 Å². The zero-order chi connectivity index (χ0) is 28.2. The van der Waals surface area contributed by atoms with Crippen molar-refractivity contribution < 1.29 is 0 Å². The molecule has 4 aromatic rings. The van der Waals surface area contributed by atoms with Crippen LogP contribution in [0.4, 0.5) is 0 Å². The fourth-order valence-electron chi connectivity index (χ4n) is 7.40. The van der Waals surface area contributed by atoms with Crippen molar-refractivity contribution in [1.82, 2.24) is 9.36 Å². The van der Waals surface area contributed by atoms with E-state index in [0.717, 1.165) is 25.7 Å². The van der Waals surface area contributed by atoms with Crippen LogP contribution in [0.25, 0.3) is 33.4 Å². The number of hydrogen-bond acceptors (Lipinski definition) is 0. The largest absolute Gasteiger partial charge is 0.282 e. The van der Waals surface area contributed by atoms with Gasteiger partial charge in [0.1, 0.15) is 0 Å². The van der Waals surface area contributed by atoms with Crippen molar-refractivity contribution in [3.8, 4) is 16.8 Å². The molecule has 0 amide bonds. The summed E-state index contributed by atoms with van der Waals surface area (Å²) in [6.45, 7) is 2.31.